The number of nitrogens with two attached hydrogens (primary N) is 1. The highest BCUT2D eigenvalue weighted by molar-refractivity contribution is 5.87. The van der Waals surface area contributed by atoms with Crippen LogP contribution in [-0.2, 0) is 0 Å². The zero-order valence-corrected chi connectivity index (χ0v) is 9.68. The molecule has 0 bridgehead atoms. The lowest BCUT2D eigenvalue weighted by Crippen LogP contribution is -2.04. The van der Waals surface area contributed by atoms with Crippen molar-refractivity contribution in [2.75, 3.05) is 5.73 Å². The van der Waals surface area contributed by atoms with Gasteiger partial charge in [0.25, 0.3) is 11.5 Å². The fourth-order valence-electron chi connectivity index (χ4n) is 1.25. The fourth-order valence-corrected chi connectivity index (χ4v) is 1.25. The van der Waals surface area contributed by atoms with Gasteiger partial charge in [0.05, 0.1) is 14.8 Å². The Morgan fingerprint density at radius 2 is 1.00 bits per heavy atom. The molecule has 1 aromatic rings. The number of nitrogen functional groups attached to an aromatic ring is 1. The second-order valence-electron chi connectivity index (χ2n) is 2.93. The first-order valence-electron chi connectivity index (χ1n) is 4.00. The van der Waals surface area contributed by atoms with Crippen LogP contribution in [0, 0.1) is 30.3 Å². The zero-order valence-electron chi connectivity index (χ0n) is 9.68. The van der Waals surface area contributed by atoms with E-state index in [0.717, 1.165) is 0 Å². The standard InChI is InChI=1S/C6H4N4O8.2H3N/c7-1-2(8(13)14)5(11)4(10(17)18)6(12)3(1)9(15)16;;/h11-12H,7H2;2*1H3. The minimum absolute atomic E-state index is 0. The molecule has 0 aliphatic carbocycles. The van der Waals surface area contributed by atoms with Gasteiger partial charge in [-0.05, 0) is 0 Å². The molecule has 0 radical (unpaired) electrons. The predicted octanol–water partition coefficient (Wildman–Crippen LogP) is 0.729. The van der Waals surface area contributed by atoms with Crippen LogP contribution in [0.1, 0.15) is 0 Å². The van der Waals surface area contributed by atoms with Crippen molar-refractivity contribution in [1.29, 1.82) is 0 Å². The van der Waals surface area contributed by atoms with Gasteiger partial charge in [-0.2, -0.15) is 0 Å². The normalized spacial score (nSPS) is 9.00. The second kappa shape index (κ2) is 6.07. The van der Waals surface area contributed by atoms with Crippen LogP contribution in [0.4, 0.5) is 22.7 Å². The Morgan fingerprint density at radius 3 is 1.20 bits per heavy atom. The Morgan fingerprint density at radius 1 is 0.750 bits per heavy atom. The average Bonchev–Trinajstić information content (AvgIpc) is 2.14. The van der Waals surface area contributed by atoms with Gasteiger partial charge in [0.1, 0.15) is 0 Å². The maximum atomic E-state index is 10.5. The lowest BCUT2D eigenvalue weighted by atomic mass is 10.1. The van der Waals surface area contributed by atoms with E-state index in [-0.39, 0.29) is 12.3 Å². The largest absolute Gasteiger partial charge is 0.497 e. The van der Waals surface area contributed by atoms with Gasteiger partial charge in [0.15, 0.2) is 5.69 Å². The SMILES string of the molecule is N.N.Nc1c([N+](=O)[O-])c(O)c([N+](=O)[O-])c(O)c1[N+](=O)[O-]. The third kappa shape index (κ3) is 2.60. The molecule has 0 saturated heterocycles. The molecule has 0 aromatic heterocycles. The third-order valence-electron chi connectivity index (χ3n) is 1.96. The van der Waals surface area contributed by atoms with E-state index in [0.29, 0.717) is 0 Å². The van der Waals surface area contributed by atoms with E-state index in [1.165, 1.54) is 0 Å². The Labute approximate surface area is 109 Å². The quantitative estimate of drug-likeness (QED) is 0.294. The van der Waals surface area contributed by atoms with Gasteiger partial charge < -0.3 is 28.2 Å². The molecule has 0 saturated carbocycles. The van der Waals surface area contributed by atoms with Gasteiger partial charge in [-0.25, -0.2) is 0 Å². The highest BCUT2D eigenvalue weighted by Gasteiger charge is 2.41. The van der Waals surface area contributed by atoms with Crippen LogP contribution in [0.25, 0.3) is 0 Å². The minimum Gasteiger partial charge on any atom is -0.497 e. The van der Waals surface area contributed by atoms with Crippen LogP contribution in [0.15, 0.2) is 0 Å². The summed E-state index contributed by atoms with van der Waals surface area (Å²) >= 11 is 0. The van der Waals surface area contributed by atoms with Gasteiger partial charge in [-0.3, -0.25) is 30.3 Å². The number of nitro groups is 3. The van der Waals surface area contributed by atoms with Crippen LogP contribution >= 0.6 is 0 Å². The van der Waals surface area contributed by atoms with Gasteiger partial charge in [-0.1, -0.05) is 0 Å². The number of benzene rings is 1. The molecule has 0 atom stereocenters. The number of phenolic OH excluding ortho intramolecular Hbond substituents is 2. The predicted molar refractivity (Wildman–Crippen MR) is 64.2 cm³/mol. The molecule has 20 heavy (non-hydrogen) atoms. The van der Waals surface area contributed by atoms with Crippen molar-refractivity contribution in [3.63, 3.8) is 0 Å². The molecule has 0 aliphatic heterocycles. The number of anilines is 1. The number of nitrogens with zero attached hydrogens (tertiary/aromatic N) is 3. The van der Waals surface area contributed by atoms with Gasteiger partial charge in [-0.15, -0.1) is 0 Å². The molecule has 0 spiro atoms. The highest BCUT2D eigenvalue weighted by atomic mass is 16.6. The summed E-state index contributed by atoms with van der Waals surface area (Å²) in [4.78, 5) is 27.5. The van der Waals surface area contributed by atoms with Crippen molar-refractivity contribution >= 4 is 22.7 Å². The van der Waals surface area contributed by atoms with E-state index >= 15 is 0 Å². The molecule has 0 fully saturated rings. The molecule has 0 heterocycles. The van der Waals surface area contributed by atoms with E-state index in [4.69, 9.17) is 5.73 Å². The van der Waals surface area contributed by atoms with Crippen molar-refractivity contribution < 1.29 is 25.0 Å². The summed E-state index contributed by atoms with van der Waals surface area (Å²) in [5.74, 6) is -3.10. The molecule has 14 nitrogen and oxygen atoms in total. The Kier molecular flexibility index (Phi) is 5.79. The molecule has 0 unspecified atom stereocenters. The number of hydrogen-bond donors (Lipinski definition) is 5. The Balaban J connectivity index is 0. The van der Waals surface area contributed by atoms with E-state index in [9.17, 15) is 40.6 Å². The summed E-state index contributed by atoms with van der Waals surface area (Å²) in [6.07, 6.45) is 0. The number of nitro benzene ring substituents is 3. The molecule has 1 rings (SSSR count). The first-order chi connectivity index (χ1) is 8.20. The van der Waals surface area contributed by atoms with Crippen molar-refractivity contribution in [3.05, 3.63) is 30.3 Å². The first kappa shape index (κ1) is 19.1. The van der Waals surface area contributed by atoms with Crippen LogP contribution in [0.2, 0.25) is 0 Å². The number of aromatic hydroxyl groups is 2. The van der Waals surface area contributed by atoms with E-state index < -0.39 is 49.0 Å². The minimum atomic E-state index is -1.55. The lowest BCUT2D eigenvalue weighted by molar-refractivity contribution is -0.404. The molecule has 112 valence electrons. The van der Waals surface area contributed by atoms with Gasteiger partial charge >= 0.3 is 17.1 Å². The highest BCUT2D eigenvalue weighted by Crippen LogP contribution is 2.52. The number of hydrogen-bond acceptors (Lipinski definition) is 11. The smallest absolute Gasteiger partial charge is 0.366 e. The summed E-state index contributed by atoms with van der Waals surface area (Å²) in [6.45, 7) is 0. The number of phenols is 2. The molecule has 0 aliphatic rings. The Bertz CT molecular complexity index is 483. The second-order valence-corrected chi connectivity index (χ2v) is 2.93. The topological polar surface area (TPSA) is 266 Å². The summed E-state index contributed by atoms with van der Waals surface area (Å²) in [5, 5.41) is 50.1. The van der Waals surface area contributed by atoms with Crippen LogP contribution in [0.3, 0.4) is 0 Å². The fraction of sp³-hybridized carbons (Fsp3) is 0. The van der Waals surface area contributed by atoms with E-state index in [1.54, 1.807) is 0 Å². The molecule has 10 N–H and O–H groups in total. The zero-order chi connectivity index (χ0) is 14.2. The van der Waals surface area contributed by atoms with Crippen LogP contribution < -0.4 is 18.0 Å². The summed E-state index contributed by atoms with van der Waals surface area (Å²) in [7, 11) is 0. The first-order valence-corrected chi connectivity index (χ1v) is 4.00. The van der Waals surface area contributed by atoms with Gasteiger partial charge in [0.2, 0.25) is 0 Å². The molecular weight excluding hydrogens is 284 g/mol. The third-order valence-corrected chi connectivity index (χ3v) is 1.96. The number of rotatable bonds is 3. The lowest BCUT2D eigenvalue weighted by Gasteiger charge is -2.04. The molecule has 1 aromatic carbocycles. The molecule has 0 amide bonds. The van der Waals surface area contributed by atoms with Crippen molar-refractivity contribution in [2.45, 2.75) is 0 Å². The molecular formula is C6H10N6O8. The Hall–Kier alpha value is -3.26. The summed E-state index contributed by atoms with van der Waals surface area (Å²) in [6, 6.07) is 0. The average molecular weight is 294 g/mol. The maximum Gasteiger partial charge on any atom is 0.366 e. The molecule has 14 heteroatoms. The summed E-state index contributed by atoms with van der Waals surface area (Å²) in [5.41, 5.74) is -0.520. The summed E-state index contributed by atoms with van der Waals surface area (Å²) < 4.78 is 0. The van der Waals surface area contributed by atoms with Crippen molar-refractivity contribution in [2.24, 2.45) is 0 Å². The van der Waals surface area contributed by atoms with Crippen molar-refractivity contribution in [1.82, 2.24) is 12.3 Å². The van der Waals surface area contributed by atoms with E-state index in [2.05, 4.69) is 0 Å². The maximum absolute atomic E-state index is 10.5. The van der Waals surface area contributed by atoms with Gasteiger partial charge in [0, 0.05) is 0 Å². The van der Waals surface area contributed by atoms with Crippen LogP contribution in [-0.4, -0.2) is 25.0 Å². The van der Waals surface area contributed by atoms with Crippen LogP contribution in [0.5, 0.6) is 11.5 Å². The van der Waals surface area contributed by atoms with E-state index in [1.807, 2.05) is 0 Å². The van der Waals surface area contributed by atoms with Crippen molar-refractivity contribution in [3.8, 4) is 11.5 Å². The monoisotopic (exact) mass is 294 g/mol.